The number of benzene rings is 2. The SMILES string of the molecule is CCOc1ccc(NC(=O)/C=C/c2cc(OC)cc(OC)c2)cc1S(=O)(=O)N1CCCCC1. The number of nitrogens with one attached hydrogen (secondary N) is 1. The van der Waals surface area contributed by atoms with Crippen molar-refractivity contribution in [2.45, 2.75) is 31.1 Å². The van der Waals surface area contributed by atoms with Gasteiger partial charge in [0.2, 0.25) is 15.9 Å². The van der Waals surface area contributed by atoms with Crippen LogP contribution < -0.4 is 19.5 Å². The molecule has 1 N–H and O–H groups in total. The summed E-state index contributed by atoms with van der Waals surface area (Å²) in [6.07, 6.45) is 5.68. The molecule has 0 saturated carbocycles. The van der Waals surface area contributed by atoms with E-state index in [1.165, 1.54) is 16.4 Å². The molecule has 1 aliphatic rings. The molecule has 0 spiro atoms. The number of carbonyl (C=O) groups is 1. The number of methoxy groups -OCH3 is 2. The zero-order valence-corrected chi connectivity index (χ0v) is 20.0. The number of piperidine rings is 1. The zero-order valence-electron chi connectivity index (χ0n) is 19.2. The van der Waals surface area contributed by atoms with E-state index in [0.29, 0.717) is 36.9 Å². The van der Waals surface area contributed by atoms with Crippen molar-refractivity contribution < 1.29 is 27.4 Å². The number of ether oxygens (including phenoxy) is 3. The Morgan fingerprint density at radius 1 is 1.03 bits per heavy atom. The molecule has 1 heterocycles. The van der Waals surface area contributed by atoms with Crippen molar-refractivity contribution in [2.75, 3.05) is 39.2 Å². The number of amides is 1. The highest BCUT2D eigenvalue weighted by Crippen LogP contribution is 2.31. The highest BCUT2D eigenvalue weighted by Gasteiger charge is 2.29. The van der Waals surface area contributed by atoms with Gasteiger partial charge in [0.15, 0.2) is 0 Å². The number of carbonyl (C=O) groups excluding carboxylic acids is 1. The fourth-order valence-corrected chi connectivity index (χ4v) is 5.26. The molecular weight excluding hydrogens is 444 g/mol. The fraction of sp³-hybridized carbons (Fsp3) is 0.375. The number of anilines is 1. The minimum absolute atomic E-state index is 0.0607. The lowest BCUT2D eigenvalue weighted by Gasteiger charge is -2.26. The van der Waals surface area contributed by atoms with Gasteiger partial charge in [-0.2, -0.15) is 4.31 Å². The van der Waals surface area contributed by atoms with Crippen LogP contribution in [0.3, 0.4) is 0 Å². The third-order valence-electron chi connectivity index (χ3n) is 5.24. The van der Waals surface area contributed by atoms with Crippen molar-refractivity contribution >= 4 is 27.7 Å². The smallest absolute Gasteiger partial charge is 0.248 e. The zero-order chi connectivity index (χ0) is 23.8. The first kappa shape index (κ1) is 24.6. The molecule has 1 saturated heterocycles. The molecule has 0 unspecified atom stereocenters. The Hall–Kier alpha value is -3.04. The predicted molar refractivity (Wildman–Crippen MR) is 127 cm³/mol. The third kappa shape index (κ3) is 6.27. The Morgan fingerprint density at radius 2 is 1.70 bits per heavy atom. The average molecular weight is 475 g/mol. The number of sulfonamides is 1. The van der Waals surface area contributed by atoms with E-state index < -0.39 is 15.9 Å². The molecule has 0 bridgehead atoms. The van der Waals surface area contributed by atoms with Crippen molar-refractivity contribution in [3.8, 4) is 17.2 Å². The molecule has 0 radical (unpaired) electrons. The van der Waals surface area contributed by atoms with E-state index in [4.69, 9.17) is 14.2 Å². The molecule has 1 aliphatic heterocycles. The van der Waals surface area contributed by atoms with Gasteiger partial charge in [-0.05, 0) is 61.7 Å². The van der Waals surface area contributed by atoms with Crippen LogP contribution in [0.5, 0.6) is 17.2 Å². The summed E-state index contributed by atoms with van der Waals surface area (Å²) < 4.78 is 44.0. The second kappa shape index (κ2) is 11.2. The molecular formula is C24H30N2O6S. The van der Waals surface area contributed by atoms with Gasteiger partial charge in [0.1, 0.15) is 22.1 Å². The normalized spacial score (nSPS) is 14.8. The molecule has 178 valence electrons. The average Bonchev–Trinajstić information content (AvgIpc) is 2.84. The molecule has 33 heavy (non-hydrogen) atoms. The maximum Gasteiger partial charge on any atom is 0.248 e. The Balaban J connectivity index is 1.81. The fourth-order valence-electron chi connectivity index (χ4n) is 3.59. The maximum atomic E-state index is 13.2. The van der Waals surface area contributed by atoms with Crippen molar-refractivity contribution in [1.82, 2.24) is 4.31 Å². The Bertz CT molecular complexity index is 1090. The van der Waals surface area contributed by atoms with Crippen LogP contribution in [0, 0.1) is 0 Å². The number of nitrogens with zero attached hydrogens (tertiary/aromatic N) is 1. The number of hydrogen-bond acceptors (Lipinski definition) is 6. The quantitative estimate of drug-likeness (QED) is 0.554. The van der Waals surface area contributed by atoms with E-state index in [2.05, 4.69) is 5.32 Å². The van der Waals surface area contributed by atoms with Gasteiger partial charge in [0.25, 0.3) is 0 Å². The van der Waals surface area contributed by atoms with Crippen molar-refractivity contribution in [3.63, 3.8) is 0 Å². The van der Waals surface area contributed by atoms with E-state index in [1.807, 2.05) is 0 Å². The highest BCUT2D eigenvalue weighted by molar-refractivity contribution is 7.89. The highest BCUT2D eigenvalue weighted by atomic mass is 32.2. The molecule has 0 aliphatic carbocycles. The van der Waals surface area contributed by atoms with Crippen molar-refractivity contribution in [2.24, 2.45) is 0 Å². The molecule has 0 atom stereocenters. The molecule has 8 nitrogen and oxygen atoms in total. The summed E-state index contributed by atoms with van der Waals surface area (Å²) in [5.74, 6) is 1.09. The Kier molecular flexibility index (Phi) is 8.35. The van der Waals surface area contributed by atoms with E-state index in [-0.39, 0.29) is 10.6 Å². The Labute approximate surface area is 195 Å². The van der Waals surface area contributed by atoms with E-state index in [0.717, 1.165) is 24.8 Å². The van der Waals surface area contributed by atoms with Gasteiger partial charge in [0.05, 0.1) is 20.8 Å². The van der Waals surface area contributed by atoms with Crippen molar-refractivity contribution in [1.29, 1.82) is 0 Å². The van der Waals surface area contributed by atoms with Gasteiger partial charge < -0.3 is 19.5 Å². The van der Waals surface area contributed by atoms with Gasteiger partial charge in [-0.3, -0.25) is 4.79 Å². The van der Waals surface area contributed by atoms with Crippen LogP contribution in [-0.4, -0.2) is 52.5 Å². The summed E-state index contributed by atoms with van der Waals surface area (Å²) in [4.78, 5) is 12.6. The van der Waals surface area contributed by atoms with E-state index >= 15 is 0 Å². The minimum atomic E-state index is -3.73. The van der Waals surface area contributed by atoms with Crippen LogP contribution in [0.1, 0.15) is 31.7 Å². The van der Waals surface area contributed by atoms with Gasteiger partial charge >= 0.3 is 0 Å². The van der Waals surface area contributed by atoms with Gasteiger partial charge in [-0.15, -0.1) is 0 Å². The number of rotatable bonds is 9. The largest absolute Gasteiger partial charge is 0.497 e. The lowest BCUT2D eigenvalue weighted by Crippen LogP contribution is -2.35. The first-order chi connectivity index (χ1) is 15.9. The molecule has 9 heteroatoms. The first-order valence-corrected chi connectivity index (χ1v) is 12.3. The monoisotopic (exact) mass is 474 g/mol. The molecule has 1 amide bonds. The molecule has 0 aromatic heterocycles. The van der Waals surface area contributed by atoms with Gasteiger partial charge in [-0.1, -0.05) is 6.42 Å². The van der Waals surface area contributed by atoms with Crippen LogP contribution in [0.2, 0.25) is 0 Å². The number of hydrogen-bond donors (Lipinski definition) is 1. The van der Waals surface area contributed by atoms with Crippen LogP contribution in [0.15, 0.2) is 47.4 Å². The lowest BCUT2D eigenvalue weighted by atomic mass is 10.2. The molecule has 2 aromatic carbocycles. The van der Waals surface area contributed by atoms with E-state index in [9.17, 15) is 13.2 Å². The minimum Gasteiger partial charge on any atom is -0.497 e. The standard InChI is InChI=1S/C24H30N2O6S/c1-4-32-22-10-9-19(16-23(22)33(28,29)26-12-6-5-7-13-26)25-24(27)11-8-18-14-20(30-2)17-21(15-18)31-3/h8-11,14-17H,4-7,12-13H2,1-3H3,(H,25,27)/b11-8+. The Morgan fingerprint density at radius 3 is 2.30 bits per heavy atom. The summed E-state index contributed by atoms with van der Waals surface area (Å²) in [5, 5.41) is 2.73. The van der Waals surface area contributed by atoms with Crippen LogP contribution in [0.25, 0.3) is 6.08 Å². The molecule has 3 rings (SSSR count). The molecule has 2 aromatic rings. The summed E-state index contributed by atoms with van der Waals surface area (Å²) in [5.41, 5.74) is 1.09. The van der Waals surface area contributed by atoms with Crippen LogP contribution in [-0.2, 0) is 14.8 Å². The van der Waals surface area contributed by atoms with Crippen LogP contribution >= 0.6 is 0 Å². The molecule has 1 fully saturated rings. The second-order valence-corrected chi connectivity index (χ2v) is 9.43. The second-order valence-electron chi connectivity index (χ2n) is 7.53. The lowest BCUT2D eigenvalue weighted by molar-refractivity contribution is -0.111. The summed E-state index contributed by atoms with van der Waals surface area (Å²) in [7, 11) is -0.629. The maximum absolute atomic E-state index is 13.2. The topological polar surface area (TPSA) is 94.2 Å². The van der Waals surface area contributed by atoms with Crippen LogP contribution in [0.4, 0.5) is 5.69 Å². The third-order valence-corrected chi connectivity index (χ3v) is 7.16. The van der Waals surface area contributed by atoms with Crippen molar-refractivity contribution in [3.05, 3.63) is 48.0 Å². The van der Waals surface area contributed by atoms with E-state index in [1.54, 1.807) is 57.6 Å². The van der Waals surface area contributed by atoms with Gasteiger partial charge in [-0.25, -0.2) is 8.42 Å². The summed E-state index contributed by atoms with van der Waals surface area (Å²) >= 11 is 0. The first-order valence-electron chi connectivity index (χ1n) is 10.9. The predicted octanol–water partition coefficient (Wildman–Crippen LogP) is 3.93. The summed E-state index contributed by atoms with van der Waals surface area (Å²) in [6, 6.07) is 9.93. The summed E-state index contributed by atoms with van der Waals surface area (Å²) in [6.45, 7) is 3.10. The van der Waals surface area contributed by atoms with Gasteiger partial charge in [0, 0.05) is 30.9 Å².